The quantitative estimate of drug-likeness (QED) is 0.807. The van der Waals surface area contributed by atoms with Gasteiger partial charge in [0, 0.05) is 0 Å². The number of carbonyl (C=O) groups excluding carboxylic acids is 1. The lowest BCUT2D eigenvalue weighted by Crippen LogP contribution is -2.20. The van der Waals surface area contributed by atoms with Crippen molar-refractivity contribution < 1.29 is 14.7 Å². The summed E-state index contributed by atoms with van der Waals surface area (Å²) < 4.78 is 0. The van der Waals surface area contributed by atoms with Gasteiger partial charge >= 0.3 is 12.0 Å². The summed E-state index contributed by atoms with van der Waals surface area (Å²) in [5, 5.41) is 22.9. The normalized spacial score (nSPS) is 9.95. The number of rotatable bonds is 3. The van der Waals surface area contributed by atoms with Gasteiger partial charge in [-0.05, 0) is 23.6 Å². The number of carboxylic acid groups (broad SMARTS) is 1. The van der Waals surface area contributed by atoms with Crippen molar-refractivity contribution in [1.82, 2.24) is 10.2 Å². The van der Waals surface area contributed by atoms with Crippen molar-refractivity contribution in [3.63, 3.8) is 0 Å². The van der Waals surface area contributed by atoms with Crippen LogP contribution in [0.25, 0.3) is 0 Å². The van der Waals surface area contributed by atoms with Crippen molar-refractivity contribution >= 4 is 45.8 Å². The molecule has 2 heterocycles. The summed E-state index contributed by atoms with van der Waals surface area (Å²) in [4.78, 5) is 22.5. The summed E-state index contributed by atoms with van der Waals surface area (Å²) in [6.07, 6.45) is 0. The Balaban J connectivity index is 2.03. The largest absolute Gasteiger partial charge is 0.478 e. The molecule has 0 aliphatic heterocycles. The first-order chi connectivity index (χ1) is 9.06. The molecule has 19 heavy (non-hydrogen) atoms. The van der Waals surface area contributed by atoms with Crippen molar-refractivity contribution in [2.24, 2.45) is 0 Å². The zero-order valence-corrected chi connectivity index (χ0v) is 10.8. The van der Waals surface area contributed by atoms with Crippen molar-refractivity contribution in [2.75, 3.05) is 10.6 Å². The Morgan fingerprint density at radius 3 is 2.63 bits per heavy atom. The fourth-order valence-corrected chi connectivity index (χ4v) is 2.08. The Hall–Kier alpha value is -2.19. The van der Waals surface area contributed by atoms with E-state index in [0.717, 1.165) is 11.3 Å². The highest BCUT2D eigenvalue weighted by molar-refractivity contribution is 7.14. The van der Waals surface area contributed by atoms with E-state index in [-0.39, 0.29) is 21.5 Å². The molecule has 2 aromatic rings. The number of aromatic nitrogens is 2. The van der Waals surface area contributed by atoms with Gasteiger partial charge in [0.2, 0.25) is 0 Å². The molecule has 0 aromatic carbocycles. The second kappa shape index (κ2) is 5.63. The molecule has 2 amide bonds. The Bertz CT molecular complexity index is 613. The number of aromatic carboxylic acids is 1. The topological polar surface area (TPSA) is 104 Å². The van der Waals surface area contributed by atoms with Gasteiger partial charge < -0.3 is 5.11 Å². The molecule has 7 nitrogen and oxygen atoms in total. The molecule has 0 saturated carbocycles. The molecule has 0 aliphatic rings. The highest BCUT2D eigenvalue weighted by Gasteiger charge is 2.14. The zero-order valence-electron chi connectivity index (χ0n) is 9.25. The molecule has 0 spiro atoms. The van der Waals surface area contributed by atoms with Crippen LogP contribution in [0.2, 0.25) is 5.15 Å². The monoisotopic (exact) mass is 298 g/mol. The van der Waals surface area contributed by atoms with Crippen LogP contribution >= 0.6 is 22.9 Å². The van der Waals surface area contributed by atoms with E-state index in [2.05, 4.69) is 20.8 Å². The average molecular weight is 299 g/mol. The second-order valence-electron chi connectivity index (χ2n) is 3.29. The van der Waals surface area contributed by atoms with E-state index < -0.39 is 12.0 Å². The highest BCUT2D eigenvalue weighted by Crippen LogP contribution is 2.23. The minimum atomic E-state index is -1.11. The molecule has 0 fully saturated rings. The van der Waals surface area contributed by atoms with Gasteiger partial charge in [-0.15, -0.1) is 21.5 Å². The lowest BCUT2D eigenvalue weighted by Gasteiger charge is -2.05. The van der Waals surface area contributed by atoms with E-state index in [0.29, 0.717) is 0 Å². The van der Waals surface area contributed by atoms with Gasteiger partial charge in [0.15, 0.2) is 11.0 Å². The number of hydrogen-bond donors (Lipinski definition) is 3. The number of halogens is 1. The predicted octanol–water partition coefficient (Wildman–Crippen LogP) is 2.53. The van der Waals surface area contributed by atoms with Gasteiger partial charge in [-0.3, -0.25) is 10.6 Å². The fraction of sp³-hybridized carbons (Fsp3) is 0. The third-order valence-corrected chi connectivity index (χ3v) is 3.03. The van der Waals surface area contributed by atoms with Crippen LogP contribution in [0.15, 0.2) is 23.6 Å². The van der Waals surface area contributed by atoms with Crippen LogP contribution < -0.4 is 10.6 Å². The standard InChI is InChI=1S/C10H7ClN4O3S/c11-6-1-2-7(15-14-6)12-10(18)13-8-5(9(16)17)3-4-19-8/h1-4H,(H,16,17)(H2,12,13,15,18). The number of nitrogens with zero attached hydrogens (tertiary/aromatic N) is 2. The van der Waals surface area contributed by atoms with Gasteiger partial charge in [-0.2, -0.15) is 0 Å². The molecule has 0 bridgehead atoms. The number of urea groups is 1. The van der Waals surface area contributed by atoms with E-state index in [1.165, 1.54) is 18.2 Å². The number of hydrogen-bond acceptors (Lipinski definition) is 5. The van der Waals surface area contributed by atoms with E-state index in [9.17, 15) is 9.59 Å². The minimum absolute atomic E-state index is 0.0299. The number of nitrogens with one attached hydrogen (secondary N) is 2. The summed E-state index contributed by atoms with van der Waals surface area (Å²) in [5.74, 6) is -0.904. The maximum absolute atomic E-state index is 11.6. The van der Waals surface area contributed by atoms with Crippen LogP contribution in [0, 0.1) is 0 Å². The molecule has 3 N–H and O–H groups in total. The Morgan fingerprint density at radius 1 is 1.21 bits per heavy atom. The Kier molecular flexibility index (Phi) is 3.93. The van der Waals surface area contributed by atoms with E-state index in [1.54, 1.807) is 5.38 Å². The van der Waals surface area contributed by atoms with Gasteiger partial charge in [-0.1, -0.05) is 11.6 Å². The number of thiophene rings is 1. The van der Waals surface area contributed by atoms with Crippen molar-refractivity contribution in [3.8, 4) is 0 Å². The smallest absolute Gasteiger partial charge is 0.338 e. The van der Waals surface area contributed by atoms with Crippen LogP contribution in [-0.4, -0.2) is 27.3 Å². The molecule has 0 radical (unpaired) electrons. The maximum Gasteiger partial charge on any atom is 0.338 e. The summed E-state index contributed by atoms with van der Waals surface area (Å²) in [7, 11) is 0. The van der Waals surface area contributed by atoms with E-state index >= 15 is 0 Å². The summed E-state index contributed by atoms with van der Waals surface area (Å²) in [6.45, 7) is 0. The molecule has 0 atom stereocenters. The molecule has 9 heteroatoms. The van der Waals surface area contributed by atoms with Gasteiger partial charge in [0.25, 0.3) is 0 Å². The fourth-order valence-electron chi connectivity index (χ4n) is 1.21. The molecule has 0 unspecified atom stereocenters. The van der Waals surface area contributed by atoms with Crippen LogP contribution in [0.5, 0.6) is 0 Å². The Labute approximate surface area is 116 Å². The average Bonchev–Trinajstić information content (AvgIpc) is 2.80. The van der Waals surface area contributed by atoms with Crippen molar-refractivity contribution in [3.05, 3.63) is 34.3 Å². The number of carboxylic acids is 1. The first-order valence-corrected chi connectivity index (χ1v) is 6.20. The lowest BCUT2D eigenvalue weighted by molar-refractivity contribution is 0.0698. The van der Waals surface area contributed by atoms with E-state index in [4.69, 9.17) is 16.7 Å². The molecule has 2 aromatic heterocycles. The first kappa shape index (κ1) is 13.2. The van der Waals surface area contributed by atoms with Crippen molar-refractivity contribution in [1.29, 1.82) is 0 Å². The second-order valence-corrected chi connectivity index (χ2v) is 4.59. The molecule has 2 rings (SSSR count). The highest BCUT2D eigenvalue weighted by atomic mass is 35.5. The zero-order chi connectivity index (χ0) is 13.8. The first-order valence-electron chi connectivity index (χ1n) is 4.94. The molecular formula is C10H7ClN4O3S. The summed E-state index contributed by atoms with van der Waals surface area (Å²) in [6, 6.07) is 3.74. The van der Waals surface area contributed by atoms with Crippen LogP contribution in [0.4, 0.5) is 15.6 Å². The molecule has 98 valence electrons. The number of carbonyl (C=O) groups is 2. The molecule has 0 aliphatic carbocycles. The van der Waals surface area contributed by atoms with Crippen LogP contribution in [0.1, 0.15) is 10.4 Å². The molecular weight excluding hydrogens is 292 g/mol. The van der Waals surface area contributed by atoms with Crippen LogP contribution in [-0.2, 0) is 0 Å². The van der Waals surface area contributed by atoms with Gasteiger partial charge in [0.1, 0.15) is 5.00 Å². The number of amides is 2. The maximum atomic E-state index is 11.6. The lowest BCUT2D eigenvalue weighted by atomic mass is 10.3. The predicted molar refractivity (Wildman–Crippen MR) is 71.0 cm³/mol. The van der Waals surface area contributed by atoms with Gasteiger partial charge in [0.05, 0.1) is 5.56 Å². The minimum Gasteiger partial charge on any atom is -0.478 e. The summed E-state index contributed by atoms with van der Waals surface area (Å²) in [5.41, 5.74) is 0.0299. The van der Waals surface area contributed by atoms with E-state index in [1.807, 2.05) is 0 Å². The third kappa shape index (κ3) is 3.39. The third-order valence-electron chi connectivity index (χ3n) is 2.00. The van der Waals surface area contributed by atoms with Crippen LogP contribution in [0.3, 0.4) is 0 Å². The molecule has 0 saturated heterocycles. The summed E-state index contributed by atoms with van der Waals surface area (Å²) >= 11 is 6.66. The number of anilines is 2. The van der Waals surface area contributed by atoms with Gasteiger partial charge in [-0.25, -0.2) is 9.59 Å². The SMILES string of the molecule is O=C(Nc1ccc(Cl)nn1)Nc1sccc1C(=O)O. The van der Waals surface area contributed by atoms with Crippen molar-refractivity contribution in [2.45, 2.75) is 0 Å². The Morgan fingerprint density at radius 2 is 2.00 bits per heavy atom.